The van der Waals surface area contributed by atoms with Crippen LogP contribution in [0.3, 0.4) is 0 Å². The number of anilines is 2. The van der Waals surface area contributed by atoms with Gasteiger partial charge in [-0.1, -0.05) is 26.8 Å². The Morgan fingerprint density at radius 1 is 1.00 bits per heavy atom. The summed E-state index contributed by atoms with van der Waals surface area (Å²) in [7, 11) is 0. The van der Waals surface area contributed by atoms with E-state index in [2.05, 4.69) is 31.4 Å². The number of hydrogen-bond donors (Lipinski definition) is 4. The van der Waals surface area contributed by atoms with Crippen LogP contribution in [0.15, 0.2) is 47.4 Å². The molecule has 232 valence electrons. The van der Waals surface area contributed by atoms with Crippen molar-refractivity contribution in [3.63, 3.8) is 0 Å². The molecular formula is C32H34N2O8S2. The quantitative estimate of drug-likeness (QED) is 0.144. The topological polar surface area (TPSA) is 159 Å². The molecule has 12 heteroatoms. The first-order valence-corrected chi connectivity index (χ1v) is 15.8. The molecule has 2 amide bonds. The summed E-state index contributed by atoms with van der Waals surface area (Å²) in [5.41, 5.74) is 1.03. The third-order valence-electron chi connectivity index (χ3n) is 7.43. The number of hydrogen-bond acceptors (Lipinski definition) is 8. The zero-order chi connectivity index (χ0) is 32.2. The molecule has 1 aromatic heterocycles. The molecule has 10 nitrogen and oxygen atoms in total. The van der Waals surface area contributed by atoms with E-state index < -0.39 is 29.4 Å². The van der Waals surface area contributed by atoms with E-state index >= 15 is 0 Å². The van der Waals surface area contributed by atoms with E-state index in [1.54, 1.807) is 31.2 Å². The number of rotatable bonds is 10. The minimum absolute atomic E-state index is 0.0344. The number of carboxylic acids is 2. The normalized spacial score (nSPS) is 14.3. The number of thiophene rings is 1. The number of nitrogens with one attached hydrogen (secondary N) is 2. The highest BCUT2D eigenvalue weighted by Crippen LogP contribution is 2.44. The van der Waals surface area contributed by atoms with E-state index in [0.717, 1.165) is 47.9 Å². The predicted octanol–water partition coefficient (Wildman–Crippen LogP) is 6.46. The molecule has 1 heterocycles. The van der Waals surface area contributed by atoms with E-state index in [9.17, 15) is 29.1 Å². The lowest BCUT2D eigenvalue weighted by atomic mass is 9.72. The van der Waals surface area contributed by atoms with Gasteiger partial charge in [0.15, 0.2) is 0 Å². The van der Waals surface area contributed by atoms with Crippen molar-refractivity contribution in [3.05, 3.63) is 75.2 Å². The van der Waals surface area contributed by atoms with E-state index in [-0.39, 0.29) is 34.8 Å². The SMILES string of the molecule is CCOC(=O)c1c(NC(=O)CSc2cccc(NC(=O)c3ccc(C(=O)O)cc3C(=O)O)c2)sc2c1CCC(C(C)(C)C)C2. The summed E-state index contributed by atoms with van der Waals surface area (Å²) in [6, 6.07) is 9.95. The van der Waals surface area contributed by atoms with Gasteiger partial charge in [0.1, 0.15) is 5.00 Å². The summed E-state index contributed by atoms with van der Waals surface area (Å²) >= 11 is 2.66. The molecule has 1 atom stereocenters. The lowest BCUT2D eigenvalue weighted by Crippen LogP contribution is -2.26. The van der Waals surface area contributed by atoms with Crippen molar-refractivity contribution in [1.29, 1.82) is 0 Å². The first kappa shape index (κ1) is 32.7. The number of thioether (sulfide) groups is 1. The fourth-order valence-electron chi connectivity index (χ4n) is 5.06. The maximum Gasteiger partial charge on any atom is 0.341 e. The zero-order valence-corrected chi connectivity index (χ0v) is 26.4. The van der Waals surface area contributed by atoms with Crippen molar-refractivity contribution in [2.75, 3.05) is 23.0 Å². The Labute approximate surface area is 263 Å². The summed E-state index contributed by atoms with van der Waals surface area (Å²) in [4.78, 5) is 63.4. The Bertz CT molecular complexity index is 1620. The Kier molecular flexibility index (Phi) is 10.2. The van der Waals surface area contributed by atoms with Crippen molar-refractivity contribution < 1.29 is 38.9 Å². The molecule has 0 bridgehead atoms. The Morgan fingerprint density at radius 2 is 1.75 bits per heavy atom. The molecule has 0 spiro atoms. The molecule has 4 N–H and O–H groups in total. The van der Waals surface area contributed by atoms with Gasteiger partial charge in [0.05, 0.1) is 34.6 Å². The standard InChI is InChI=1S/C32H34N2O8S2/c1-5-42-31(41)26-22-12-10-18(32(2,3)4)14-24(22)44-28(26)34-25(35)16-43-20-8-6-7-19(15-20)33-27(36)21-11-9-17(29(37)38)13-23(21)30(39)40/h6-9,11,13,15,18H,5,10,12,14,16H2,1-4H3,(H,33,36)(H,34,35)(H,37,38)(H,39,40). The highest BCUT2D eigenvalue weighted by atomic mass is 32.2. The van der Waals surface area contributed by atoms with Crippen molar-refractivity contribution in [2.45, 2.75) is 51.9 Å². The van der Waals surface area contributed by atoms with Crippen molar-refractivity contribution in [1.82, 2.24) is 0 Å². The number of carbonyl (C=O) groups is 5. The van der Waals surface area contributed by atoms with E-state index in [1.165, 1.54) is 23.1 Å². The first-order chi connectivity index (χ1) is 20.8. The fraction of sp³-hybridized carbons (Fsp3) is 0.344. The number of amides is 2. The lowest BCUT2D eigenvalue weighted by molar-refractivity contribution is -0.113. The average Bonchev–Trinajstić information content (AvgIpc) is 3.32. The number of fused-ring (bicyclic) bond motifs is 1. The third kappa shape index (κ3) is 7.67. The summed E-state index contributed by atoms with van der Waals surface area (Å²) in [5.74, 6) is -3.69. The van der Waals surface area contributed by atoms with Gasteiger partial charge in [-0.25, -0.2) is 14.4 Å². The summed E-state index contributed by atoms with van der Waals surface area (Å²) < 4.78 is 5.33. The number of ether oxygens (including phenoxy) is 1. The second kappa shape index (κ2) is 13.6. The molecule has 0 saturated heterocycles. The minimum atomic E-state index is -1.43. The molecule has 0 saturated carbocycles. The van der Waals surface area contributed by atoms with E-state index in [0.29, 0.717) is 27.1 Å². The van der Waals surface area contributed by atoms with Gasteiger partial charge in [0.25, 0.3) is 5.91 Å². The second-order valence-electron chi connectivity index (χ2n) is 11.4. The smallest absolute Gasteiger partial charge is 0.341 e. The van der Waals surface area contributed by atoms with Gasteiger partial charge in [-0.15, -0.1) is 23.1 Å². The fourth-order valence-corrected chi connectivity index (χ4v) is 7.14. The largest absolute Gasteiger partial charge is 0.478 e. The van der Waals surface area contributed by atoms with Crippen molar-refractivity contribution >= 4 is 63.5 Å². The number of carbonyl (C=O) groups excluding carboxylic acids is 3. The molecular weight excluding hydrogens is 604 g/mol. The van der Waals surface area contributed by atoms with Crippen LogP contribution in [0.5, 0.6) is 0 Å². The van der Waals surface area contributed by atoms with Crippen LogP contribution < -0.4 is 10.6 Å². The van der Waals surface area contributed by atoms with Crippen LogP contribution in [-0.4, -0.2) is 52.3 Å². The molecule has 0 radical (unpaired) electrons. The molecule has 2 aromatic carbocycles. The van der Waals surface area contributed by atoms with Crippen LogP contribution in [0.25, 0.3) is 0 Å². The zero-order valence-electron chi connectivity index (χ0n) is 24.8. The van der Waals surface area contributed by atoms with Gasteiger partial charge in [-0.2, -0.15) is 0 Å². The van der Waals surface area contributed by atoms with Crippen molar-refractivity contribution in [3.8, 4) is 0 Å². The highest BCUT2D eigenvalue weighted by Gasteiger charge is 2.34. The molecule has 0 aliphatic heterocycles. The molecule has 4 rings (SSSR count). The van der Waals surface area contributed by atoms with Crippen LogP contribution in [0.4, 0.5) is 10.7 Å². The van der Waals surface area contributed by atoms with Crippen LogP contribution in [0.1, 0.15) is 86.0 Å². The summed E-state index contributed by atoms with van der Waals surface area (Å²) in [6.45, 7) is 8.63. The number of aromatic carboxylic acids is 2. The van der Waals surface area contributed by atoms with Gasteiger partial charge in [0, 0.05) is 15.5 Å². The van der Waals surface area contributed by atoms with Gasteiger partial charge >= 0.3 is 17.9 Å². The van der Waals surface area contributed by atoms with Crippen molar-refractivity contribution in [2.24, 2.45) is 11.3 Å². The predicted molar refractivity (Wildman–Crippen MR) is 169 cm³/mol. The van der Waals surface area contributed by atoms with Crippen LogP contribution in [0, 0.1) is 11.3 Å². The summed E-state index contributed by atoms with van der Waals surface area (Å²) in [5, 5.41) is 24.7. The van der Waals surface area contributed by atoms with Gasteiger partial charge in [0.2, 0.25) is 5.91 Å². The number of carboxylic acid groups (broad SMARTS) is 2. The number of benzene rings is 2. The van der Waals surface area contributed by atoms with Gasteiger partial charge < -0.3 is 25.6 Å². The Balaban J connectivity index is 1.45. The molecule has 0 fully saturated rings. The van der Waals surface area contributed by atoms with Gasteiger partial charge in [-0.05, 0) is 79.5 Å². The maximum absolute atomic E-state index is 13.0. The highest BCUT2D eigenvalue weighted by molar-refractivity contribution is 8.00. The first-order valence-electron chi connectivity index (χ1n) is 14.0. The van der Waals surface area contributed by atoms with E-state index in [4.69, 9.17) is 9.84 Å². The minimum Gasteiger partial charge on any atom is -0.478 e. The molecule has 1 aliphatic rings. The van der Waals surface area contributed by atoms with Crippen LogP contribution in [-0.2, 0) is 22.4 Å². The number of esters is 1. The Hall–Kier alpha value is -4.16. The molecule has 44 heavy (non-hydrogen) atoms. The third-order valence-corrected chi connectivity index (χ3v) is 9.59. The molecule has 3 aromatic rings. The molecule has 1 unspecified atom stereocenters. The van der Waals surface area contributed by atoms with Crippen LogP contribution in [0.2, 0.25) is 0 Å². The maximum atomic E-state index is 13.0. The summed E-state index contributed by atoms with van der Waals surface area (Å²) in [6.07, 6.45) is 2.56. The molecule has 1 aliphatic carbocycles. The second-order valence-corrected chi connectivity index (χ2v) is 13.6. The van der Waals surface area contributed by atoms with Crippen LogP contribution >= 0.6 is 23.1 Å². The Morgan fingerprint density at radius 3 is 2.41 bits per heavy atom. The van der Waals surface area contributed by atoms with E-state index in [1.807, 2.05) is 0 Å². The lowest BCUT2D eigenvalue weighted by Gasteiger charge is -2.33. The van der Waals surface area contributed by atoms with Gasteiger partial charge in [-0.3, -0.25) is 9.59 Å². The monoisotopic (exact) mass is 638 g/mol. The average molecular weight is 639 g/mol.